The minimum absolute atomic E-state index is 0.181. The number of fused-ring (bicyclic) bond motifs is 2. The number of hydrogen-bond donors (Lipinski definition) is 1. The van der Waals surface area contributed by atoms with Crippen LogP contribution in [-0.4, -0.2) is 49.8 Å². The van der Waals surface area contributed by atoms with Gasteiger partial charge in [-0.15, -0.1) is 0 Å². The third kappa shape index (κ3) is 4.69. The summed E-state index contributed by atoms with van der Waals surface area (Å²) in [5.41, 5.74) is 5.28. The van der Waals surface area contributed by atoms with E-state index in [0.29, 0.717) is 19.0 Å². The molecular weight excluding hydrogens is 462 g/mol. The van der Waals surface area contributed by atoms with Crippen LogP contribution < -0.4 is 15.0 Å². The maximum absolute atomic E-state index is 12.3. The molecule has 0 spiro atoms. The van der Waals surface area contributed by atoms with Crippen LogP contribution in [0.2, 0.25) is 0 Å². The summed E-state index contributed by atoms with van der Waals surface area (Å²) in [4.78, 5) is 16.1. The first-order valence-electron chi connectivity index (χ1n) is 11.9. The third-order valence-corrected chi connectivity index (χ3v) is 7.98. The molecule has 2 aliphatic rings. The van der Waals surface area contributed by atoms with Gasteiger partial charge in [-0.2, -0.15) is 0 Å². The highest BCUT2D eigenvalue weighted by molar-refractivity contribution is 7.90. The van der Waals surface area contributed by atoms with Crippen LogP contribution in [0.5, 0.6) is 5.75 Å². The van der Waals surface area contributed by atoms with Crippen LogP contribution in [0.1, 0.15) is 37.1 Å². The van der Waals surface area contributed by atoms with E-state index in [4.69, 9.17) is 9.72 Å². The molecule has 0 radical (unpaired) electrons. The van der Waals surface area contributed by atoms with Crippen molar-refractivity contribution < 1.29 is 13.2 Å². The van der Waals surface area contributed by atoms with Gasteiger partial charge in [0.15, 0.2) is 9.84 Å². The first-order valence-corrected chi connectivity index (χ1v) is 13.8. The van der Waals surface area contributed by atoms with Crippen molar-refractivity contribution in [3.05, 3.63) is 53.6 Å². The van der Waals surface area contributed by atoms with Crippen molar-refractivity contribution in [1.82, 2.24) is 15.0 Å². The second-order valence-electron chi connectivity index (χ2n) is 10.1. The summed E-state index contributed by atoms with van der Waals surface area (Å²) in [6.07, 6.45) is 7.63. The largest absolute Gasteiger partial charge is 0.491 e. The molecule has 0 atom stereocenters. The first kappa shape index (κ1) is 23.5. The summed E-state index contributed by atoms with van der Waals surface area (Å²) in [7, 11) is -1.77. The van der Waals surface area contributed by atoms with E-state index in [2.05, 4.69) is 40.1 Å². The molecule has 0 bridgehead atoms. The molecule has 0 fully saturated rings. The third-order valence-electron chi connectivity index (χ3n) is 6.87. The van der Waals surface area contributed by atoms with Crippen LogP contribution in [-0.2, 0) is 29.2 Å². The summed E-state index contributed by atoms with van der Waals surface area (Å²) in [5.74, 6) is 2.17. The SMILES string of the molecule is CNc1ncc(-c2ccc3c(c2)CN(c2ncnc4c2CC(C)(C)CC4)CCO3)cc1S(C)(=O)=O. The Bertz CT molecular complexity index is 1390. The Morgan fingerprint density at radius 3 is 2.71 bits per heavy atom. The predicted octanol–water partition coefficient (Wildman–Crippen LogP) is 3.90. The first-order chi connectivity index (χ1) is 16.6. The molecule has 1 aromatic carbocycles. The maximum atomic E-state index is 12.3. The number of benzene rings is 1. The average molecular weight is 494 g/mol. The summed E-state index contributed by atoms with van der Waals surface area (Å²) < 4.78 is 30.7. The lowest BCUT2D eigenvalue weighted by atomic mass is 9.76. The standard InChI is InChI=1S/C26H31N5O3S/c1-26(2)8-7-21-20(13-26)25(30-16-29-21)31-9-10-34-22-6-5-17(11-19(22)15-31)18-12-23(35(4,32)33)24(27-3)28-14-18/h5-6,11-12,14,16H,7-10,13,15H2,1-4H3,(H,27,28). The van der Waals surface area contributed by atoms with Gasteiger partial charge in [0.25, 0.3) is 0 Å². The Hall–Kier alpha value is -3.20. The fraction of sp³-hybridized carbons (Fsp3) is 0.423. The van der Waals surface area contributed by atoms with Gasteiger partial charge < -0.3 is 15.0 Å². The summed E-state index contributed by atoms with van der Waals surface area (Å²) >= 11 is 0. The Kier molecular flexibility index (Phi) is 5.91. The summed E-state index contributed by atoms with van der Waals surface area (Å²) in [6, 6.07) is 7.64. The fourth-order valence-corrected chi connectivity index (χ4v) is 5.81. The molecule has 8 nitrogen and oxygen atoms in total. The van der Waals surface area contributed by atoms with Gasteiger partial charge in [-0.05, 0) is 48.4 Å². The molecule has 3 aromatic rings. The van der Waals surface area contributed by atoms with Gasteiger partial charge in [-0.1, -0.05) is 19.9 Å². The zero-order chi connectivity index (χ0) is 24.8. The average Bonchev–Trinajstić information content (AvgIpc) is 3.04. The van der Waals surface area contributed by atoms with Crippen molar-refractivity contribution in [1.29, 1.82) is 0 Å². The van der Waals surface area contributed by atoms with Gasteiger partial charge in [0.2, 0.25) is 0 Å². The highest BCUT2D eigenvalue weighted by Gasteiger charge is 2.30. The van der Waals surface area contributed by atoms with Gasteiger partial charge >= 0.3 is 0 Å². The highest BCUT2D eigenvalue weighted by atomic mass is 32.2. The Morgan fingerprint density at radius 2 is 1.94 bits per heavy atom. The van der Waals surface area contributed by atoms with Crippen molar-refractivity contribution in [3.8, 4) is 16.9 Å². The van der Waals surface area contributed by atoms with E-state index in [-0.39, 0.29) is 10.3 Å². The number of aryl methyl sites for hydroxylation is 1. The van der Waals surface area contributed by atoms with Gasteiger partial charge in [0, 0.05) is 48.4 Å². The molecule has 184 valence electrons. The van der Waals surface area contributed by atoms with Gasteiger partial charge in [0.05, 0.1) is 6.54 Å². The Labute approximate surface area is 206 Å². The van der Waals surface area contributed by atoms with Crippen molar-refractivity contribution in [2.75, 3.05) is 36.7 Å². The number of aromatic nitrogens is 3. The summed E-state index contributed by atoms with van der Waals surface area (Å²) in [6.45, 7) is 6.54. The quantitative estimate of drug-likeness (QED) is 0.585. The van der Waals surface area contributed by atoms with Crippen molar-refractivity contribution in [2.24, 2.45) is 5.41 Å². The number of anilines is 2. The number of ether oxygens (including phenoxy) is 1. The van der Waals surface area contributed by atoms with Gasteiger partial charge in [-0.3, -0.25) is 0 Å². The lowest BCUT2D eigenvalue weighted by Crippen LogP contribution is -2.31. The van der Waals surface area contributed by atoms with Crippen LogP contribution >= 0.6 is 0 Å². The molecule has 0 amide bonds. The van der Waals surface area contributed by atoms with Crippen LogP contribution in [0.15, 0.2) is 41.7 Å². The van der Waals surface area contributed by atoms with Crippen molar-refractivity contribution in [2.45, 2.75) is 44.6 Å². The maximum Gasteiger partial charge on any atom is 0.179 e. The zero-order valence-corrected chi connectivity index (χ0v) is 21.4. The lowest BCUT2D eigenvalue weighted by Gasteiger charge is -2.33. The van der Waals surface area contributed by atoms with Crippen LogP contribution in [0.4, 0.5) is 11.6 Å². The molecule has 1 N–H and O–H groups in total. The van der Waals surface area contributed by atoms with E-state index in [1.54, 1.807) is 25.6 Å². The number of pyridine rings is 1. The molecule has 9 heteroatoms. The van der Waals surface area contributed by atoms with Gasteiger partial charge in [-0.25, -0.2) is 23.4 Å². The van der Waals surface area contributed by atoms with E-state index in [1.807, 2.05) is 12.1 Å². The molecule has 0 saturated carbocycles. The molecule has 0 saturated heterocycles. The van der Waals surface area contributed by atoms with E-state index in [1.165, 1.54) is 11.8 Å². The van der Waals surface area contributed by atoms with Crippen LogP contribution in [0.25, 0.3) is 11.1 Å². The molecule has 1 aliphatic heterocycles. The molecular formula is C26H31N5O3S. The zero-order valence-electron chi connectivity index (χ0n) is 20.6. The predicted molar refractivity (Wildman–Crippen MR) is 137 cm³/mol. The summed E-state index contributed by atoms with van der Waals surface area (Å²) in [5, 5.41) is 2.86. The number of nitrogens with one attached hydrogen (secondary N) is 1. The molecule has 3 heterocycles. The second-order valence-corrected chi connectivity index (χ2v) is 12.1. The molecule has 0 unspecified atom stereocenters. The smallest absolute Gasteiger partial charge is 0.179 e. The topological polar surface area (TPSA) is 97.3 Å². The molecule has 35 heavy (non-hydrogen) atoms. The minimum Gasteiger partial charge on any atom is -0.491 e. The van der Waals surface area contributed by atoms with Crippen LogP contribution in [0, 0.1) is 5.41 Å². The lowest BCUT2D eigenvalue weighted by molar-refractivity contribution is 0.310. The van der Waals surface area contributed by atoms with E-state index < -0.39 is 9.84 Å². The number of sulfone groups is 1. The number of rotatable bonds is 4. The normalized spacial score (nSPS) is 17.1. The van der Waals surface area contributed by atoms with Crippen molar-refractivity contribution >= 4 is 21.5 Å². The Balaban J connectivity index is 1.52. The van der Waals surface area contributed by atoms with E-state index in [0.717, 1.165) is 59.8 Å². The molecule has 2 aromatic heterocycles. The number of hydrogen-bond acceptors (Lipinski definition) is 8. The van der Waals surface area contributed by atoms with Crippen molar-refractivity contribution in [3.63, 3.8) is 0 Å². The number of nitrogens with zero attached hydrogens (tertiary/aromatic N) is 4. The van der Waals surface area contributed by atoms with Gasteiger partial charge in [0.1, 0.15) is 35.2 Å². The fourth-order valence-electron chi connectivity index (χ4n) is 4.96. The minimum atomic E-state index is -3.43. The van der Waals surface area contributed by atoms with E-state index >= 15 is 0 Å². The second kappa shape index (κ2) is 8.78. The van der Waals surface area contributed by atoms with Crippen LogP contribution in [0.3, 0.4) is 0 Å². The molecule has 1 aliphatic carbocycles. The highest BCUT2D eigenvalue weighted by Crippen LogP contribution is 2.39. The Morgan fingerprint density at radius 1 is 1.11 bits per heavy atom. The monoisotopic (exact) mass is 493 g/mol. The molecule has 5 rings (SSSR count). The van der Waals surface area contributed by atoms with E-state index in [9.17, 15) is 8.42 Å².